The lowest BCUT2D eigenvalue weighted by Gasteiger charge is -2.14. The average Bonchev–Trinajstić information content (AvgIpc) is 2.38. The third-order valence-corrected chi connectivity index (χ3v) is 2.41. The Morgan fingerprint density at radius 2 is 2.10 bits per heavy atom. The molecule has 7 heteroatoms. The Labute approximate surface area is 115 Å². The van der Waals surface area contributed by atoms with Crippen molar-refractivity contribution in [3.63, 3.8) is 0 Å². The number of carbonyl (C=O) groups excluding carboxylic acids is 3. The number of benzene rings is 1. The van der Waals surface area contributed by atoms with E-state index in [1.54, 1.807) is 6.92 Å². The van der Waals surface area contributed by atoms with Gasteiger partial charge in [0.05, 0.1) is 13.0 Å². The Morgan fingerprint density at radius 3 is 2.65 bits per heavy atom. The lowest BCUT2D eigenvalue weighted by atomic mass is 10.1. The number of primary amides is 1. The fourth-order valence-electron chi connectivity index (χ4n) is 1.48. The fourth-order valence-corrected chi connectivity index (χ4v) is 1.48. The number of carbonyl (C=O) groups is 3. The van der Waals surface area contributed by atoms with Crippen LogP contribution in [0.1, 0.15) is 23.7 Å². The number of halogens is 1. The van der Waals surface area contributed by atoms with Crippen molar-refractivity contribution < 1.29 is 23.5 Å². The first-order valence-electron chi connectivity index (χ1n) is 5.95. The van der Waals surface area contributed by atoms with Crippen LogP contribution in [0.5, 0.6) is 0 Å². The van der Waals surface area contributed by atoms with E-state index < -0.39 is 29.6 Å². The molecule has 0 radical (unpaired) electrons. The highest BCUT2D eigenvalue weighted by Crippen LogP contribution is 2.04. The topological polar surface area (TPSA) is 98.5 Å². The Bertz CT molecular complexity index is 519. The highest BCUT2D eigenvalue weighted by molar-refractivity contribution is 5.98. The maximum absolute atomic E-state index is 13.0. The number of rotatable bonds is 6. The molecule has 0 aliphatic rings. The van der Waals surface area contributed by atoms with E-state index >= 15 is 0 Å². The SMILES string of the molecule is CCOC(=O)C[C@@H](NC(=O)c1cccc(F)c1)C(N)=O. The zero-order valence-corrected chi connectivity index (χ0v) is 10.9. The first-order chi connectivity index (χ1) is 9.43. The number of ether oxygens (including phenoxy) is 1. The Kier molecular flexibility index (Phi) is 5.64. The van der Waals surface area contributed by atoms with Gasteiger partial charge in [-0.25, -0.2) is 4.39 Å². The number of nitrogens with two attached hydrogens (primary N) is 1. The summed E-state index contributed by atoms with van der Waals surface area (Å²) in [6.45, 7) is 1.77. The maximum atomic E-state index is 13.0. The summed E-state index contributed by atoms with van der Waals surface area (Å²) in [5.74, 6) is -2.81. The summed E-state index contributed by atoms with van der Waals surface area (Å²) in [7, 11) is 0. The highest BCUT2D eigenvalue weighted by Gasteiger charge is 2.23. The molecular formula is C13H15FN2O4. The Hall–Kier alpha value is -2.44. The second kappa shape index (κ2) is 7.22. The molecule has 1 atom stereocenters. The van der Waals surface area contributed by atoms with Gasteiger partial charge in [0.15, 0.2) is 0 Å². The van der Waals surface area contributed by atoms with Crippen molar-refractivity contribution in [2.45, 2.75) is 19.4 Å². The predicted octanol–water partition coefficient (Wildman–Crippen LogP) is 0.363. The molecule has 1 rings (SSSR count). The molecule has 0 aliphatic heterocycles. The zero-order valence-electron chi connectivity index (χ0n) is 10.9. The molecule has 108 valence electrons. The number of esters is 1. The van der Waals surface area contributed by atoms with Crippen LogP contribution in [0.15, 0.2) is 24.3 Å². The van der Waals surface area contributed by atoms with Crippen LogP contribution in [-0.2, 0) is 14.3 Å². The van der Waals surface area contributed by atoms with E-state index in [1.807, 2.05) is 0 Å². The summed E-state index contributed by atoms with van der Waals surface area (Å²) in [6, 6.07) is 3.72. The molecule has 0 heterocycles. The minimum atomic E-state index is -1.20. The van der Waals surface area contributed by atoms with Crippen LogP contribution in [0.2, 0.25) is 0 Å². The van der Waals surface area contributed by atoms with Crippen molar-refractivity contribution in [2.24, 2.45) is 5.73 Å². The standard InChI is InChI=1S/C13H15FN2O4/c1-2-20-11(17)7-10(12(15)18)16-13(19)8-4-3-5-9(14)6-8/h3-6,10H,2,7H2,1H3,(H2,15,18)(H,16,19)/t10-/m1/s1. The largest absolute Gasteiger partial charge is 0.466 e. The second-order valence-corrected chi connectivity index (χ2v) is 3.95. The first-order valence-corrected chi connectivity index (χ1v) is 5.95. The summed E-state index contributed by atoms with van der Waals surface area (Å²) < 4.78 is 17.7. The van der Waals surface area contributed by atoms with E-state index in [2.05, 4.69) is 10.1 Å². The van der Waals surface area contributed by atoms with Crippen molar-refractivity contribution in [1.82, 2.24) is 5.32 Å². The van der Waals surface area contributed by atoms with Gasteiger partial charge in [0, 0.05) is 5.56 Å². The molecule has 6 nitrogen and oxygen atoms in total. The number of nitrogens with one attached hydrogen (secondary N) is 1. The van der Waals surface area contributed by atoms with Gasteiger partial charge in [-0.05, 0) is 25.1 Å². The Morgan fingerprint density at radius 1 is 1.40 bits per heavy atom. The minimum absolute atomic E-state index is 0.0279. The van der Waals surface area contributed by atoms with Gasteiger partial charge >= 0.3 is 5.97 Å². The molecule has 20 heavy (non-hydrogen) atoms. The molecule has 0 bridgehead atoms. The van der Waals surface area contributed by atoms with Gasteiger partial charge in [0.25, 0.3) is 5.91 Å². The summed E-state index contributed by atoms with van der Waals surface area (Å²) in [4.78, 5) is 34.3. The molecule has 0 aliphatic carbocycles. The van der Waals surface area contributed by atoms with Crippen molar-refractivity contribution in [3.05, 3.63) is 35.6 Å². The third kappa shape index (κ3) is 4.68. The van der Waals surface area contributed by atoms with E-state index in [9.17, 15) is 18.8 Å². The quantitative estimate of drug-likeness (QED) is 0.736. The highest BCUT2D eigenvalue weighted by atomic mass is 19.1. The van der Waals surface area contributed by atoms with Crippen LogP contribution in [0.25, 0.3) is 0 Å². The van der Waals surface area contributed by atoms with Crippen LogP contribution in [0, 0.1) is 5.82 Å². The van der Waals surface area contributed by atoms with Crippen molar-refractivity contribution in [2.75, 3.05) is 6.61 Å². The smallest absolute Gasteiger partial charge is 0.308 e. The van der Waals surface area contributed by atoms with E-state index in [1.165, 1.54) is 18.2 Å². The molecular weight excluding hydrogens is 267 g/mol. The van der Waals surface area contributed by atoms with Gasteiger partial charge < -0.3 is 15.8 Å². The van der Waals surface area contributed by atoms with Gasteiger partial charge in [0.1, 0.15) is 11.9 Å². The molecule has 0 spiro atoms. The fraction of sp³-hybridized carbons (Fsp3) is 0.308. The van der Waals surface area contributed by atoms with Gasteiger partial charge in [-0.2, -0.15) is 0 Å². The Balaban J connectivity index is 2.73. The predicted molar refractivity (Wildman–Crippen MR) is 68.1 cm³/mol. The summed E-state index contributed by atoms with van der Waals surface area (Å²) >= 11 is 0. The molecule has 0 fully saturated rings. The second-order valence-electron chi connectivity index (χ2n) is 3.95. The van der Waals surface area contributed by atoms with Crippen LogP contribution < -0.4 is 11.1 Å². The summed E-state index contributed by atoms with van der Waals surface area (Å²) in [5, 5.41) is 2.27. The van der Waals surface area contributed by atoms with Gasteiger partial charge in [0.2, 0.25) is 5.91 Å². The van der Waals surface area contributed by atoms with Crippen molar-refractivity contribution in [1.29, 1.82) is 0 Å². The van der Waals surface area contributed by atoms with E-state index in [-0.39, 0.29) is 18.6 Å². The molecule has 2 amide bonds. The van der Waals surface area contributed by atoms with E-state index in [0.717, 1.165) is 6.07 Å². The lowest BCUT2D eigenvalue weighted by Crippen LogP contribution is -2.45. The molecule has 0 aromatic heterocycles. The minimum Gasteiger partial charge on any atom is -0.466 e. The van der Waals surface area contributed by atoms with Crippen LogP contribution in [0.3, 0.4) is 0 Å². The molecule has 1 aromatic carbocycles. The van der Waals surface area contributed by atoms with Gasteiger partial charge in [-0.15, -0.1) is 0 Å². The molecule has 0 unspecified atom stereocenters. The molecule has 0 saturated carbocycles. The van der Waals surface area contributed by atoms with Gasteiger partial charge in [-0.3, -0.25) is 14.4 Å². The average molecular weight is 282 g/mol. The van der Waals surface area contributed by atoms with Crippen molar-refractivity contribution in [3.8, 4) is 0 Å². The number of amides is 2. The normalized spacial score (nSPS) is 11.5. The first kappa shape index (κ1) is 15.6. The van der Waals surface area contributed by atoms with Crippen LogP contribution in [0.4, 0.5) is 4.39 Å². The van der Waals surface area contributed by atoms with Crippen molar-refractivity contribution >= 4 is 17.8 Å². The number of hydrogen-bond donors (Lipinski definition) is 2. The molecule has 1 aromatic rings. The maximum Gasteiger partial charge on any atom is 0.308 e. The molecule has 3 N–H and O–H groups in total. The van der Waals surface area contributed by atoms with E-state index in [4.69, 9.17) is 5.73 Å². The van der Waals surface area contributed by atoms with Crippen LogP contribution in [-0.4, -0.2) is 30.4 Å². The summed E-state index contributed by atoms with van der Waals surface area (Å²) in [6.07, 6.45) is -0.371. The number of hydrogen-bond acceptors (Lipinski definition) is 4. The molecule has 0 saturated heterocycles. The van der Waals surface area contributed by atoms with E-state index in [0.29, 0.717) is 0 Å². The summed E-state index contributed by atoms with van der Waals surface area (Å²) in [5.41, 5.74) is 5.13. The monoisotopic (exact) mass is 282 g/mol. The third-order valence-electron chi connectivity index (χ3n) is 2.41. The van der Waals surface area contributed by atoms with Crippen LogP contribution >= 0.6 is 0 Å². The lowest BCUT2D eigenvalue weighted by molar-refractivity contribution is -0.145. The van der Waals surface area contributed by atoms with Gasteiger partial charge in [-0.1, -0.05) is 6.07 Å². The zero-order chi connectivity index (χ0) is 15.1.